The third kappa shape index (κ3) is 2.48. The summed E-state index contributed by atoms with van der Waals surface area (Å²) in [7, 11) is 1.99. The molecule has 0 aromatic heterocycles. The van der Waals surface area contributed by atoms with Crippen LogP contribution in [0.5, 0.6) is 0 Å². The van der Waals surface area contributed by atoms with Crippen molar-refractivity contribution in [3.05, 3.63) is 61.0 Å². The molecule has 1 nitrogen and oxygen atoms in total. The van der Waals surface area contributed by atoms with Gasteiger partial charge in [0.05, 0.1) is 0 Å². The molecule has 0 aromatic rings. The van der Waals surface area contributed by atoms with E-state index in [-0.39, 0.29) is 0 Å². The highest BCUT2D eigenvalue weighted by Gasteiger charge is 2.01. The Bertz CT molecular complexity index is 292. The average Bonchev–Trinajstić information content (AvgIpc) is 2.43. The minimum absolute atomic E-state index is 0.909. The largest absolute Gasteiger partial charge is 0.345 e. The quantitative estimate of drug-likeness (QED) is 0.593. The lowest BCUT2D eigenvalue weighted by atomic mass is 10.3. The summed E-state index contributed by atoms with van der Waals surface area (Å²) in [5.41, 5.74) is 2.05. The van der Waals surface area contributed by atoms with Crippen LogP contribution in [-0.2, 0) is 0 Å². The molecule has 13 heavy (non-hydrogen) atoms. The molecule has 1 heteroatoms. The first kappa shape index (κ1) is 9.59. The molecule has 68 valence electrons. The van der Waals surface area contributed by atoms with Gasteiger partial charge >= 0.3 is 0 Å². The fourth-order valence-corrected chi connectivity index (χ4v) is 1.09. The standard InChI is InChI=1S/C12H15N/c1-4-11(2)13(3)12-9-7-5-6-8-10-12/h4-5,7-10H,1-2,6H2,3H3. The van der Waals surface area contributed by atoms with E-state index >= 15 is 0 Å². The molecule has 0 atom stereocenters. The fourth-order valence-electron chi connectivity index (χ4n) is 1.09. The lowest BCUT2D eigenvalue weighted by Gasteiger charge is -2.19. The maximum Gasteiger partial charge on any atom is 0.0404 e. The Kier molecular flexibility index (Phi) is 3.32. The van der Waals surface area contributed by atoms with E-state index in [0.29, 0.717) is 0 Å². The van der Waals surface area contributed by atoms with Crippen LogP contribution in [0.25, 0.3) is 0 Å². The molecule has 0 saturated carbocycles. The third-order valence-electron chi connectivity index (χ3n) is 2.02. The van der Waals surface area contributed by atoms with Gasteiger partial charge in [-0.25, -0.2) is 0 Å². The van der Waals surface area contributed by atoms with E-state index in [4.69, 9.17) is 0 Å². The molecule has 0 bridgehead atoms. The van der Waals surface area contributed by atoms with Crippen LogP contribution in [0.4, 0.5) is 0 Å². The Balaban J connectivity index is 2.81. The normalized spacial score (nSPS) is 14.7. The predicted molar refractivity (Wildman–Crippen MR) is 58.1 cm³/mol. The Labute approximate surface area is 80.1 Å². The van der Waals surface area contributed by atoms with Crippen LogP contribution in [0.3, 0.4) is 0 Å². The Hall–Kier alpha value is -1.50. The molecule has 0 spiro atoms. The molecule has 0 radical (unpaired) electrons. The van der Waals surface area contributed by atoms with Crippen molar-refractivity contribution in [2.24, 2.45) is 0 Å². The first-order valence-electron chi connectivity index (χ1n) is 4.34. The maximum absolute atomic E-state index is 3.89. The number of nitrogens with zero attached hydrogens (tertiary/aromatic N) is 1. The highest BCUT2D eigenvalue weighted by molar-refractivity contribution is 5.30. The van der Waals surface area contributed by atoms with Gasteiger partial charge in [-0.05, 0) is 24.6 Å². The van der Waals surface area contributed by atoms with Crippen molar-refractivity contribution in [1.29, 1.82) is 0 Å². The number of likely N-dealkylation sites (N-methyl/N-ethyl adjacent to an activating group) is 1. The summed E-state index contributed by atoms with van der Waals surface area (Å²) in [4.78, 5) is 2.01. The summed E-state index contributed by atoms with van der Waals surface area (Å²) in [6.45, 7) is 7.58. The fraction of sp³-hybridized carbons (Fsp3) is 0.167. The molecule has 0 amide bonds. The predicted octanol–water partition coefficient (Wildman–Crippen LogP) is 3.02. The van der Waals surface area contributed by atoms with Crippen molar-refractivity contribution in [3.63, 3.8) is 0 Å². The molecule has 1 aliphatic carbocycles. The lowest BCUT2D eigenvalue weighted by Crippen LogP contribution is -2.13. The second kappa shape index (κ2) is 4.51. The summed E-state index contributed by atoms with van der Waals surface area (Å²) >= 11 is 0. The monoisotopic (exact) mass is 173 g/mol. The molecular weight excluding hydrogens is 158 g/mol. The van der Waals surface area contributed by atoms with Crippen molar-refractivity contribution in [2.45, 2.75) is 6.42 Å². The van der Waals surface area contributed by atoms with Crippen molar-refractivity contribution >= 4 is 0 Å². The van der Waals surface area contributed by atoms with Gasteiger partial charge in [-0.15, -0.1) is 0 Å². The smallest absolute Gasteiger partial charge is 0.0404 e. The van der Waals surface area contributed by atoms with Gasteiger partial charge < -0.3 is 4.90 Å². The van der Waals surface area contributed by atoms with Gasteiger partial charge in [-0.2, -0.15) is 0 Å². The molecule has 1 rings (SSSR count). The van der Waals surface area contributed by atoms with Crippen LogP contribution in [0.2, 0.25) is 0 Å². The average molecular weight is 173 g/mol. The van der Waals surface area contributed by atoms with Gasteiger partial charge in [0.25, 0.3) is 0 Å². The molecule has 0 aromatic carbocycles. The highest BCUT2D eigenvalue weighted by atomic mass is 15.1. The van der Waals surface area contributed by atoms with E-state index in [0.717, 1.165) is 17.8 Å². The van der Waals surface area contributed by atoms with Crippen molar-refractivity contribution in [1.82, 2.24) is 4.90 Å². The first-order valence-corrected chi connectivity index (χ1v) is 4.34. The topological polar surface area (TPSA) is 3.24 Å². The maximum atomic E-state index is 3.89. The number of hydrogen-bond acceptors (Lipinski definition) is 1. The zero-order valence-electron chi connectivity index (χ0n) is 8.03. The number of hydrogen-bond donors (Lipinski definition) is 0. The second-order valence-corrected chi connectivity index (χ2v) is 2.91. The zero-order chi connectivity index (χ0) is 9.68. The van der Waals surface area contributed by atoms with Crippen molar-refractivity contribution in [2.75, 3.05) is 7.05 Å². The van der Waals surface area contributed by atoms with E-state index in [2.05, 4.69) is 43.5 Å². The van der Waals surface area contributed by atoms with Crippen LogP contribution < -0.4 is 0 Å². The van der Waals surface area contributed by atoms with Crippen LogP contribution in [0.1, 0.15) is 6.42 Å². The van der Waals surface area contributed by atoms with Crippen LogP contribution >= 0.6 is 0 Å². The van der Waals surface area contributed by atoms with Gasteiger partial charge in [-0.1, -0.05) is 31.4 Å². The van der Waals surface area contributed by atoms with Crippen LogP contribution in [-0.4, -0.2) is 11.9 Å². The van der Waals surface area contributed by atoms with Crippen LogP contribution in [0.15, 0.2) is 61.0 Å². The van der Waals surface area contributed by atoms with E-state index in [1.54, 1.807) is 6.08 Å². The molecule has 0 unspecified atom stereocenters. The molecular formula is C12H15N. The lowest BCUT2D eigenvalue weighted by molar-refractivity contribution is 0.557. The Morgan fingerprint density at radius 1 is 1.54 bits per heavy atom. The Morgan fingerprint density at radius 2 is 2.31 bits per heavy atom. The molecule has 0 fully saturated rings. The number of allylic oxidation sites excluding steroid dienone is 6. The van der Waals surface area contributed by atoms with Crippen molar-refractivity contribution in [3.8, 4) is 0 Å². The van der Waals surface area contributed by atoms with Gasteiger partial charge in [-0.3, -0.25) is 0 Å². The molecule has 0 aliphatic heterocycles. The molecule has 1 aliphatic rings. The van der Waals surface area contributed by atoms with E-state index < -0.39 is 0 Å². The van der Waals surface area contributed by atoms with Crippen LogP contribution in [0, 0.1) is 0 Å². The summed E-state index contributed by atoms with van der Waals surface area (Å²) in [5, 5.41) is 0. The third-order valence-corrected chi connectivity index (χ3v) is 2.02. The molecule has 0 saturated heterocycles. The highest BCUT2D eigenvalue weighted by Crippen LogP contribution is 2.13. The molecule has 0 heterocycles. The van der Waals surface area contributed by atoms with Gasteiger partial charge in [0.15, 0.2) is 0 Å². The summed E-state index contributed by atoms with van der Waals surface area (Å²) in [6.07, 6.45) is 13.2. The van der Waals surface area contributed by atoms with E-state index in [1.807, 2.05) is 11.9 Å². The van der Waals surface area contributed by atoms with E-state index in [9.17, 15) is 0 Å². The first-order chi connectivity index (χ1) is 6.25. The number of rotatable bonds is 3. The summed E-state index contributed by atoms with van der Waals surface area (Å²) in [6, 6.07) is 0. The van der Waals surface area contributed by atoms with Gasteiger partial charge in [0.1, 0.15) is 0 Å². The summed E-state index contributed by atoms with van der Waals surface area (Å²) < 4.78 is 0. The van der Waals surface area contributed by atoms with Gasteiger partial charge in [0, 0.05) is 18.4 Å². The second-order valence-electron chi connectivity index (χ2n) is 2.91. The Morgan fingerprint density at radius 3 is 3.00 bits per heavy atom. The minimum atomic E-state index is 0.909. The summed E-state index contributed by atoms with van der Waals surface area (Å²) in [5.74, 6) is 0. The minimum Gasteiger partial charge on any atom is -0.345 e. The molecule has 0 N–H and O–H groups in total. The van der Waals surface area contributed by atoms with Gasteiger partial charge in [0.2, 0.25) is 0 Å². The van der Waals surface area contributed by atoms with Crippen molar-refractivity contribution < 1.29 is 0 Å². The van der Waals surface area contributed by atoms with E-state index in [1.165, 1.54) is 0 Å². The SMILES string of the molecule is C=CC(=C)N(C)C1=CC=CCC=C1. The zero-order valence-corrected chi connectivity index (χ0v) is 8.03.